The molecular formula is C15H17Cl2NOS. The van der Waals surface area contributed by atoms with E-state index in [0.29, 0.717) is 17.5 Å². The molecule has 0 atom stereocenters. The van der Waals surface area contributed by atoms with E-state index >= 15 is 0 Å². The van der Waals surface area contributed by atoms with Crippen molar-refractivity contribution >= 4 is 34.5 Å². The minimum Gasteiger partial charge on any atom is -0.493 e. The Hall–Kier alpha value is -0.770. The Morgan fingerprint density at radius 2 is 2.15 bits per heavy atom. The normalized spacial score (nSPS) is 10.8. The number of thiazole rings is 1. The van der Waals surface area contributed by atoms with Crippen molar-refractivity contribution < 1.29 is 4.74 Å². The minimum atomic E-state index is 0.494. The molecular weight excluding hydrogens is 313 g/mol. The van der Waals surface area contributed by atoms with Crippen LogP contribution in [0.1, 0.15) is 29.1 Å². The first-order valence-corrected chi connectivity index (χ1v) is 8.36. The quantitative estimate of drug-likeness (QED) is 0.511. The first kappa shape index (κ1) is 15.6. The predicted molar refractivity (Wildman–Crippen MR) is 86.3 cm³/mol. The van der Waals surface area contributed by atoms with Crippen molar-refractivity contribution in [2.24, 2.45) is 0 Å². The molecule has 5 heteroatoms. The lowest BCUT2D eigenvalue weighted by Gasteiger charge is -2.09. The van der Waals surface area contributed by atoms with Gasteiger partial charge in [0.05, 0.1) is 23.2 Å². The summed E-state index contributed by atoms with van der Waals surface area (Å²) in [4.78, 5) is 4.44. The number of halogens is 2. The topological polar surface area (TPSA) is 22.1 Å². The number of ether oxygens (including phenoxy) is 1. The van der Waals surface area contributed by atoms with Crippen molar-refractivity contribution in [3.63, 3.8) is 0 Å². The molecule has 1 heterocycles. The Morgan fingerprint density at radius 1 is 1.30 bits per heavy atom. The summed E-state index contributed by atoms with van der Waals surface area (Å²) in [5, 5.41) is 3.88. The fourth-order valence-electron chi connectivity index (χ4n) is 1.81. The lowest BCUT2D eigenvalue weighted by molar-refractivity contribution is 0.305. The molecule has 108 valence electrons. The summed E-state index contributed by atoms with van der Waals surface area (Å²) in [6, 6.07) is 5.71. The highest BCUT2D eigenvalue weighted by Gasteiger charge is 2.03. The third kappa shape index (κ3) is 4.65. The van der Waals surface area contributed by atoms with Gasteiger partial charge in [-0.3, -0.25) is 0 Å². The molecule has 2 rings (SSSR count). The van der Waals surface area contributed by atoms with Crippen LogP contribution in [0.2, 0.25) is 5.02 Å². The van der Waals surface area contributed by atoms with E-state index in [1.165, 1.54) is 0 Å². The van der Waals surface area contributed by atoms with Crippen LogP contribution < -0.4 is 4.74 Å². The van der Waals surface area contributed by atoms with Gasteiger partial charge in [0, 0.05) is 10.4 Å². The standard InChI is InChI=1S/C15H17Cl2NOS/c1-11-5-6-12(17)8-14(11)19-7-3-2-4-15-18-13(9-16)10-20-15/h5-6,8,10H,2-4,7,9H2,1H3. The fourth-order valence-corrected chi connectivity index (χ4v) is 3.05. The molecule has 0 aliphatic heterocycles. The molecule has 0 unspecified atom stereocenters. The number of unbranched alkanes of at least 4 members (excludes halogenated alkanes) is 1. The van der Waals surface area contributed by atoms with Crippen molar-refractivity contribution in [2.45, 2.75) is 32.1 Å². The zero-order valence-electron chi connectivity index (χ0n) is 11.4. The minimum absolute atomic E-state index is 0.494. The third-order valence-corrected chi connectivity index (χ3v) is 4.40. The molecule has 0 spiro atoms. The van der Waals surface area contributed by atoms with Gasteiger partial charge in [-0.25, -0.2) is 4.98 Å². The van der Waals surface area contributed by atoms with Crippen LogP contribution in [0.4, 0.5) is 0 Å². The van der Waals surface area contributed by atoms with Crippen molar-refractivity contribution in [3.05, 3.63) is 44.9 Å². The first-order valence-electron chi connectivity index (χ1n) is 6.57. The van der Waals surface area contributed by atoms with E-state index in [2.05, 4.69) is 4.98 Å². The van der Waals surface area contributed by atoms with E-state index in [4.69, 9.17) is 27.9 Å². The monoisotopic (exact) mass is 329 g/mol. The smallest absolute Gasteiger partial charge is 0.123 e. The van der Waals surface area contributed by atoms with Crippen molar-refractivity contribution in [3.8, 4) is 5.75 Å². The molecule has 20 heavy (non-hydrogen) atoms. The molecule has 0 aliphatic rings. The lowest BCUT2D eigenvalue weighted by Crippen LogP contribution is -1.99. The largest absolute Gasteiger partial charge is 0.493 e. The van der Waals surface area contributed by atoms with Gasteiger partial charge in [-0.15, -0.1) is 22.9 Å². The maximum absolute atomic E-state index is 5.96. The predicted octanol–water partition coefficient (Wildman–Crippen LogP) is 5.25. The lowest BCUT2D eigenvalue weighted by atomic mass is 10.2. The van der Waals surface area contributed by atoms with E-state index in [-0.39, 0.29) is 0 Å². The maximum atomic E-state index is 5.96. The van der Waals surface area contributed by atoms with Gasteiger partial charge >= 0.3 is 0 Å². The summed E-state index contributed by atoms with van der Waals surface area (Å²) in [6.45, 7) is 2.73. The van der Waals surface area contributed by atoms with E-state index in [9.17, 15) is 0 Å². The van der Waals surface area contributed by atoms with Gasteiger partial charge in [0.1, 0.15) is 5.75 Å². The van der Waals surface area contributed by atoms with Crippen molar-refractivity contribution in [1.82, 2.24) is 4.98 Å². The highest BCUT2D eigenvalue weighted by Crippen LogP contribution is 2.22. The molecule has 2 aromatic rings. The summed E-state index contributed by atoms with van der Waals surface area (Å²) in [5.41, 5.74) is 2.08. The molecule has 0 aliphatic carbocycles. The number of hydrogen-bond acceptors (Lipinski definition) is 3. The average molecular weight is 330 g/mol. The number of aryl methyl sites for hydroxylation is 2. The second kappa shape index (κ2) is 7.87. The number of nitrogens with zero attached hydrogens (tertiary/aromatic N) is 1. The zero-order valence-corrected chi connectivity index (χ0v) is 13.7. The molecule has 2 nitrogen and oxygen atoms in total. The van der Waals surface area contributed by atoms with Gasteiger partial charge in [-0.05, 0) is 43.9 Å². The van der Waals surface area contributed by atoms with Crippen LogP contribution in [0.3, 0.4) is 0 Å². The van der Waals surface area contributed by atoms with Gasteiger partial charge in [0.15, 0.2) is 0 Å². The van der Waals surface area contributed by atoms with Crippen molar-refractivity contribution in [1.29, 1.82) is 0 Å². The molecule has 0 bridgehead atoms. The van der Waals surface area contributed by atoms with Crippen LogP contribution in [-0.2, 0) is 12.3 Å². The summed E-state index contributed by atoms with van der Waals surface area (Å²) >= 11 is 13.4. The van der Waals surface area contributed by atoms with Crippen LogP contribution >= 0.6 is 34.5 Å². The van der Waals surface area contributed by atoms with Gasteiger partial charge < -0.3 is 4.74 Å². The molecule has 0 N–H and O–H groups in total. The molecule has 1 aromatic carbocycles. The number of aromatic nitrogens is 1. The number of benzene rings is 1. The molecule has 0 fully saturated rings. The molecule has 0 radical (unpaired) electrons. The SMILES string of the molecule is Cc1ccc(Cl)cc1OCCCCc1nc(CCl)cs1. The summed E-state index contributed by atoms with van der Waals surface area (Å²) < 4.78 is 5.76. The summed E-state index contributed by atoms with van der Waals surface area (Å²) in [7, 11) is 0. The highest BCUT2D eigenvalue weighted by molar-refractivity contribution is 7.09. The Balaban J connectivity index is 1.70. The van der Waals surface area contributed by atoms with Gasteiger partial charge in [0.2, 0.25) is 0 Å². The molecule has 0 saturated heterocycles. The molecule has 0 amide bonds. The van der Waals surface area contributed by atoms with Crippen molar-refractivity contribution in [2.75, 3.05) is 6.61 Å². The second-order valence-corrected chi connectivity index (χ2v) is 6.23. The molecule has 0 saturated carbocycles. The van der Waals surface area contributed by atoms with E-state index in [1.54, 1.807) is 11.3 Å². The number of hydrogen-bond donors (Lipinski definition) is 0. The highest BCUT2D eigenvalue weighted by atomic mass is 35.5. The van der Waals surface area contributed by atoms with E-state index in [1.807, 2.05) is 30.5 Å². The van der Waals surface area contributed by atoms with Crippen LogP contribution in [0.5, 0.6) is 5.75 Å². The van der Waals surface area contributed by atoms with Gasteiger partial charge in [0.25, 0.3) is 0 Å². The van der Waals surface area contributed by atoms with Gasteiger partial charge in [-0.2, -0.15) is 0 Å². The first-order chi connectivity index (χ1) is 9.69. The zero-order chi connectivity index (χ0) is 14.4. The number of rotatable bonds is 7. The van der Waals surface area contributed by atoms with Crippen LogP contribution in [0.15, 0.2) is 23.6 Å². The molecule has 1 aromatic heterocycles. The summed E-state index contributed by atoms with van der Waals surface area (Å²) in [5.74, 6) is 1.37. The fraction of sp³-hybridized carbons (Fsp3) is 0.400. The van der Waals surface area contributed by atoms with Crippen LogP contribution in [0, 0.1) is 6.92 Å². The van der Waals surface area contributed by atoms with E-state index in [0.717, 1.165) is 41.3 Å². The Morgan fingerprint density at radius 3 is 2.90 bits per heavy atom. The second-order valence-electron chi connectivity index (χ2n) is 4.58. The van der Waals surface area contributed by atoms with Crippen LogP contribution in [0.25, 0.3) is 0 Å². The average Bonchev–Trinajstić information content (AvgIpc) is 2.90. The maximum Gasteiger partial charge on any atom is 0.123 e. The van der Waals surface area contributed by atoms with Gasteiger partial charge in [-0.1, -0.05) is 17.7 Å². The third-order valence-electron chi connectivity index (χ3n) is 2.93. The van der Waals surface area contributed by atoms with Crippen LogP contribution in [-0.4, -0.2) is 11.6 Å². The summed E-state index contributed by atoms with van der Waals surface area (Å²) in [6.07, 6.45) is 3.05. The van der Waals surface area contributed by atoms with E-state index < -0.39 is 0 Å². The Labute approximate surface area is 133 Å². The number of alkyl halides is 1. The Bertz CT molecular complexity index is 557. The Kier molecular flexibility index (Phi) is 6.14.